The number of fused-ring (bicyclic) bond motifs is 2. The molecular formula is C14H18N4O3S. The van der Waals surface area contributed by atoms with Crippen molar-refractivity contribution < 1.29 is 9.66 Å². The monoisotopic (exact) mass is 322 g/mol. The van der Waals surface area contributed by atoms with E-state index in [4.69, 9.17) is 4.74 Å². The summed E-state index contributed by atoms with van der Waals surface area (Å²) in [6, 6.07) is 0.211. The Kier molecular flexibility index (Phi) is 2.80. The van der Waals surface area contributed by atoms with Gasteiger partial charge in [0.25, 0.3) is 4.96 Å². The zero-order valence-electron chi connectivity index (χ0n) is 12.7. The largest absolute Gasteiger partial charge is 0.377 e. The van der Waals surface area contributed by atoms with Crippen LogP contribution in [0.5, 0.6) is 0 Å². The molecule has 1 saturated heterocycles. The Morgan fingerprint density at radius 3 is 3.09 bits per heavy atom. The highest BCUT2D eigenvalue weighted by atomic mass is 32.1. The topological polar surface area (TPSA) is 72.9 Å². The minimum atomic E-state index is -0.340. The van der Waals surface area contributed by atoms with Crippen molar-refractivity contribution in [3.05, 3.63) is 21.7 Å². The zero-order valence-corrected chi connectivity index (χ0v) is 13.5. The second kappa shape index (κ2) is 4.42. The minimum absolute atomic E-state index is 0.0270. The number of aromatic nitrogens is 2. The van der Waals surface area contributed by atoms with Crippen LogP contribution < -0.4 is 4.90 Å². The van der Waals surface area contributed by atoms with Gasteiger partial charge in [0.15, 0.2) is 0 Å². The Balaban J connectivity index is 1.77. The number of rotatable bonds is 3. The summed E-state index contributed by atoms with van der Waals surface area (Å²) in [5.74, 6) is 0.941. The van der Waals surface area contributed by atoms with Gasteiger partial charge < -0.3 is 19.8 Å². The second-order valence-electron chi connectivity index (χ2n) is 6.69. The smallest absolute Gasteiger partial charge is 0.373 e. The average molecular weight is 322 g/mol. The van der Waals surface area contributed by atoms with Crippen molar-refractivity contribution >= 4 is 27.9 Å². The molecule has 0 spiro atoms. The van der Waals surface area contributed by atoms with Crippen LogP contribution in [0.25, 0.3) is 4.96 Å². The first-order valence-electron chi connectivity index (χ1n) is 7.37. The Morgan fingerprint density at radius 2 is 2.36 bits per heavy atom. The molecule has 8 heteroatoms. The van der Waals surface area contributed by atoms with Crippen molar-refractivity contribution in [3.8, 4) is 0 Å². The molecule has 118 valence electrons. The summed E-state index contributed by atoms with van der Waals surface area (Å²) in [7, 11) is 1.92. The van der Waals surface area contributed by atoms with Crippen LogP contribution in [0.4, 0.5) is 11.6 Å². The molecule has 0 amide bonds. The van der Waals surface area contributed by atoms with Crippen molar-refractivity contribution in [2.24, 2.45) is 11.3 Å². The summed E-state index contributed by atoms with van der Waals surface area (Å²) in [6.07, 6.45) is 2.97. The number of nitrogens with zero attached hydrogens (tertiary/aromatic N) is 4. The van der Waals surface area contributed by atoms with Gasteiger partial charge in [-0.25, -0.2) is 0 Å². The lowest BCUT2D eigenvalue weighted by Gasteiger charge is -2.57. The molecule has 0 aromatic carbocycles. The summed E-state index contributed by atoms with van der Waals surface area (Å²) < 4.78 is 7.38. The Morgan fingerprint density at radius 1 is 1.59 bits per heavy atom. The molecule has 0 bridgehead atoms. The molecule has 22 heavy (non-hydrogen) atoms. The van der Waals surface area contributed by atoms with Crippen LogP contribution in [0.15, 0.2) is 11.6 Å². The fourth-order valence-corrected chi connectivity index (χ4v) is 5.09. The van der Waals surface area contributed by atoms with Gasteiger partial charge in [0, 0.05) is 36.4 Å². The maximum absolute atomic E-state index is 11.5. The third kappa shape index (κ3) is 1.62. The highest BCUT2D eigenvalue weighted by Gasteiger charge is 2.61. The van der Waals surface area contributed by atoms with Gasteiger partial charge in [-0.2, -0.15) is 9.38 Å². The van der Waals surface area contributed by atoms with Gasteiger partial charge >= 0.3 is 5.82 Å². The molecule has 4 rings (SSSR count). The van der Waals surface area contributed by atoms with Crippen LogP contribution in [0.2, 0.25) is 0 Å². The highest BCUT2D eigenvalue weighted by molar-refractivity contribution is 7.15. The van der Waals surface area contributed by atoms with Gasteiger partial charge in [0.05, 0.1) is 6.10 Å². The lowest BCUT2D eigenvalue weighted by atomic mass is 9.57. The van der Waals surface area contributed by atoms with Crippen LogP contribution in [0, 0.1) is 21.4 Å². The lowest BCUT2D eigenvalue weighted by molar-refractivity contribution is -0.389. The Labute approximate surface area is 131 Å². The molecule has 0 unspecified atom stereocenters. The van der Waals surface area contributed by atoms with E-state index in [-0.39, 0.29) is 28.3 Å². The Bertz CT molecular complexity index is 752. The first-order valence-corrected chi connectivity index (χ1v) is 8.25. The van der Waals surface area contributed by atoms with Gasteiger partial charge in [0.2, 0.25) is 5.82 Å². The maximum atomic E-state index is 11.5. The van der Waals surface area contributed by atoms with Crippen LogP contribution in [-0.2, 0) is 4.74 Å². The molecule has 7 nitrogen and oxygen atoms in total. The Hall–Kier alpha value is -1.67. The SMILES string of the molecule is CN(c1nc2sccn2c1[N+](=O)[O-])[C@@H]1[C@@H]2CCO[C@@H]2C1(C)C. The average Bonchev–Trinajstić information content (AvgIpc) is 3.10. The highest BCUT2D eigenvalue weighted by Crippen LogP contribution is 2.55. The number of nitro groups is 1. The number of hydrogen-bond acceptors (Lipinski definition) is 6. The third-order valence-corrected chi connectivity index (χ3v) is 5.94. The molecule has 2 aliphatic rings. The van der Waals surface area contributed by atoms with Gasteiger partial charge in [0.1, 0.15) is 6.20 Å². The summed E-state index contributed by atoms with van der Waals surface area (Å²) >= 11 is 1.41. The van der Waals surface area contributed by atoms with E-state index >= 15 is 0 Å². The molecule has 1 aliphatic heterocycles. The molecular weight excluding hydrogens is 304 g/mol. The molecule has 2 fully saturated rings. The molecule has 0 N–H and O–H groups in total. The number of anilines is 1. The van der Waals surface area contributed by atoms with E-state index in [9.17, 15) is 10.1 Å². The van der Waals surface area contributed by atoms with Crippen LogP contribution in [-0.4, -0.2) is 40.1 Å². The summed E-state index contributed by atoms with van der Waals surface area (Å²) in [4.78, 5) is 18.3. The van der Waals surface area contributed by atoms with E-state index in [0.29, 0.717) is 16.7 Å². The third-order valence-electron chi connectivity index (χ3n) is 5.18. The van der Waals surface area contributed by atoms with E-state index in [1.54, 1.807) is 10.6 Å². The van der Waals surface area contributed by atoms with Crippen LogP contribution >= 0.6 is 11.3 Å². The minimum Gasteiger partial charge on any atom is -0.377 e. The zero-order chi connectivity index (χ0) is 15.6. The predicted octanol–water partition coefficient (Wildman–Crippen LogP) is 2.55. The second-order valence-corrected chi connectivity index (χ2v) is 7.57. The van der Waals surface area contributed by atoms with Gasteiger partial charge in [-0.15, -0.1) is 0 Å². The van der Waals surface area contributed by atoms with Gasteiger partial charge in [-0.3, -0.25) is 0 Å². The molecule has 3 atom stereocenters. The normalized spacial score (nSPS) is 29.3. The summed E-state index contributed by atoms with van der Waals surface area (Å²) in [5, 5.41) is 13.3. The number of imidazole rings is 1. The molecule has 1 saturated carbocycles. The number of hydrogen-bond donors (Lipinski definition) is 0. The standard InChI is InChI=1S/C14H18N4O3S/c1-14(2)9(8-4-6-21-10(8)14)16(3)11-12(18(19)20)17-5-7-22-13(17)15-11/h5,7-10H,4,6H2,1-3H3/t8-,9+,10-/m0/s1. The number of thiazole rings is 1. The van der Waals surface area contributed by atoms with Crippen molar-refractivity contribution in [1.29, 1.82) is 0 Å². The molecule has 2 aromatic rings. The maximum Gasteiger partial charge on any atom is 0.373 e. The van der Waals surface area contributed by atoms with Crippen molar-refractivity contribution in [1.82, 2.24) is 9.38 Å². The predicted molar refractivity (Wildman–Crippen MR) is 83.5 cm³/mol. The molecule has 3 heterocycles. The summed E-state index contributed by atoms with van der Waals surface area (Å²) in [6.45, 7) is 5.12. The fourth-order valence-electron chi connectivity index (χ4n) is 4.38. The molecule has 0 radical (unpaired) electrons. The van der Waals surface area contributed by atoms with Crippen LogP contribution in [0.3, 0.4) is 0 Å². The van der Waals surface area contributed by atoms with Crippen molar-refractivity contribution in [2.45, 2.75) is 32.4 Å². The van der Waals surface area contributed by atoms with E-state index in [0.717, 1.165) is 13.0 Å². The molecule has 1 aliphatic carbocycles. The van der Waals surface area contributed by atoms with E-state index in [1.165, 1.54) is 11.3 Å². The fraction of sp³-hybridized carbons (Fsp3) is 0.643. The van der Waals surface area contributed by atoms with E-state index in [2.05, 4.69) is 18.8 Å². The van der Waals surface area contributed by atoms with E-state index < -0.39 is 0 Å². The van der Waals surface area contributed by atoms with Crippen LogP contribution in [0.1, 0.15) is 20.3 Å². The van der Waals surface area contributed by atoms with Gasteiger partial charge in [-0.1, -0.05) is 25.2 Å². The lowest BCUT2D eigenvalue weighted by Crippen LogP contribution is -2.66. The quantitative estimate of drug-likeness (QED) is 0.641. The van der Waals surface area contributed by atoms with Gasteiger partial charge in [-0.05, 0) is 11.3 Å². The first-order chi connectivity index (χ1) is 10.4. The summed E-state index contributed by atoms with van der Waals surface area (Å²) in [5.41, 5.74) is -0.0270. The van der Waals surface area contributed by atoms with Crippen molar-refractivity contribution in [2.75, 3.05) is 18.6 Å². The van der Waals surface area contributed by atoms with Crippen molar-refractivity contribution in [3.63, 3.8) is 0 Å². The number of ether oxygens (including phenoxy) is 1. The van der Waals surface area contributed by atoms with E-state index in [1.807, 2.05) is 17.3 Å². The molecule has 2 aromatic heterocycles. The first kappa shape index (κ1) is 14.0.